The lowest BCUT2D eigenvalue weighted by atomic mass is 9.80. The van der Waals surface area contributed by atoms with Gasteiger partial charge in [0.15, 0.2) is 0 Å². The summed E-state index contributed by atoms with van der Waals surface area (Å²) in [6, 6.07) is 7.59. The molecule has 0 saturated heterocycles. The maximum Gasteiger partial charge on any atom is 0.348 e. The second-order valence-corrected chi connectivity index (χ2v) is 7.29. The molecule has 2 N–H and O–H groups in total. The molecule has 1 fully saturated rings. The van der Waals surface area contributed by atoms with E-state index in [2.05, 4.69) is 13.8 Å². The standard InChI is InChI=1S/C17H21NO2S/c1-10-3-5-14(7-11(10)2)20-17(19)16-9-12-8-13(18)4-6-15(12)21-16/h4,6,8-11,14H,3,5,7,18H2,1-2H3. The molecule has 1 saturated carbocycles. The van der Waals surface area contributed by atoms with Gasteiger partial charge in [-0.1, -0.05) is 13.8 Å². The van der Waals surface area contributed by atoms with Crippen LogP contribution >= 0.6 is 11.3 Å². The molecule has 1 aromatic carbocycles. The molecule has 3 unspecified atom stereocenters. The Labute approximate surface area is 129 Å². The van der Waals surface area contributed by atoms with E-state index in [1.807, 2.05) is 24.3 Å². The molecule has 0 spiro atoms. The number of thiophene rings is 1. The van der Waals surface area contributed by atoms with Crippen LogP contribution in [-0.2, 0) is 4.74 Å². The zero-order valence-electron chi connectivity index (χ0n) is 12.5. The number of benzene rings is 1. The van der Waals surface area contributed by atoms with E-state index in [9.17, 15) is 4.79 Å². The molecule has 3 rings (SSSR count). The number of fused-ring (bicyclic) bond motifs is 1. The molecule has 1 aliphatic carbocycles. The van der Waals surface area contributed by atoms with Gasteiger partial charge in [0.05, 0.1) is 0 Å². The van der Waals surface area contributed by atoms with Crippen LogP contribution in [0, 0.1) is 11.8 Å². The van der Waals surface area contributed by atoms with E-state index in [0.717, 1.165) is 41.0 Å². The van der Waals surface area contributed by atoms with E-state index in [4.69, 9.17) is 10.5 Å². The average molecular weight is 303 g/mol. The molecule has 112 valence electrons. The van der Waals surface area contributed by atoms with Gasteiger partial charge in [-0.15, -0.1) is 11.3 Å². The summed E-state index contributed by atoms with van der Waals surface area (Å²) in [6.07, 6.45) is 3.17. The maximum atomic E-state index is 12.3. The highest BCUT2D eigenvalue weighted by Crippen LogP contribution is 2.33. The van der Waals surface area contributed by atoms with Gasteiger partial charge in [0.1, 0.15) is 11.0 Å². The van der Waals surface area contributed by atoms with E-state index in [0.29, 0.717) is 10.8 Å². The Kier molecular flexibility index (Phi) is 3.89. The van der Waals surface area contributed by atoms with Crippen molar-refractivity contribution in [2.24, 2.45) is 11.8 Å². The molecule has 4 heteroatoms. The Bertz CT molecular complexity index is 664. The minimum absolute atomic E-state index is 0.0685. The van der Waals surface area contributed by atoms with Gasteiger partial charge in [-0.05, 0) is 60.7 Å². The molecule has 1 aliphatic rings. The van der Waals surface area contributed by atoms with Crippen LogP contribution in [0.15, 0.2) is 24.3 Å². The van der Waals surface area contributed by atoms with Crippen molar-refractivity contribution in [3.05, 3.63) is 29.1 Å². The number of esters is 1. The highest BCUT2D eigenvalue weighted by atomic mass is 32.1. The molecule has 21 heavy (non-hydrogen) atoms. The largest absolute Gasteiger partial charge is 0.458 e. The first-order valence-electron chi connectivity index (χ1n) is 7.53. The van der Waals surface area contributed by atoms with E-state index < -0.39 is 0 Å². The number of carbonyl (C=O) groups excluding carboxylic acids is 1. The zero-order chi connectivity index (χ0) is 15.0. The Hall–Kier alpha value is -1.55. The predicted octanol–water partition coefficient (Wildman–Crippen LogP) is 4.47. The van der Waals surface area contributed by atoms with Gasteiger partial charge in [0, 0.05) is 10.4 Å². The number of rotatable bonds is 2. The summed E-state index contributed by atoms with van der Waals surface area (Å²) >= 11 is 1.47. The highest BCUT2D eigenvalue weighted by Gasteiger charge is 2.27. The van der Waals surface area contributed by atoms with Crippen molar-refractivity contribution in [3.8, 4) is 0 Å². The summed E-state index contributed by atoms with van der Waals surface area (Å²) in [5, 5.41) is 1.01. The SMILES string of the molecule is CC1CCC(OC(=O)c2cc3cc(N)ccc3s2)CC1C. The first kappa shape index (κ1) is 14.4. The van der Waals surface area contributed by atoms with E-state index in [-0.39, 0.29) is 12.1 Å². The van der Waals surface area contributed by atoms with Crippen LogP contribution in [0.5, 0.6) is 0 Å². The Balaban J connectivity index is 1.72. The zero-order valence-corrected chi connectivity index (χ0v) is 13.3. The second kappa shape index (κ2) is 5.68. The van der Waals surface area contributed by atoms with Crippen LogP contribution in [0.2, 0.25) is 0 Å². The highest BCUT2D eigenvalue weighted by molar-refractivity contribution is 7.20. The Morgan fingerprint density at radius 2 is 2.05 bits per heavy atom. The maximum absolute atomic E-state index is 12.3. The van der Waals surface area contributed by atoms with Crippen molar-refractivity contribution in [2.75, 3.05) is 5.73 Å². The van der Waals surface area contributed by atoms with E-state index >= 15 is 0 Å². The molecular weight excluding hydrogens is 282 g/mol. The average Bonchev–Trinajstić information content (AvgIpc) is 2.86. The van der Waals surface area contributed by atoms with Crippen LogP contribution < -0.4 is 5.73 Å². The first-order chi connectivity index (χ1) is 10.0. The smallest absolute Gasteiger partial charge is 0.348 e. The lowest BCUT2D eigenvalue weighted by Gasteiger charge is -2.31. The van der Waals surface area contributed by atoms with Crippen LogP contribution in [0.4, 0.5) is 5.69 Å². The molecule has 1 aromatic heterocycles. The summed E-state index contributed by atoms with van der Waals surface area (Å²) in [7, 11) is 0. The number of anilines is 1. The van der Waals surface area contributed by atoms with Crippen LogP contribution in [0.25, 0.3) is 10.1 Å². The van der Waals surface area contributed by atoms with Gasteiger partial charge >= 0.3 is 5.97 Å². The number of nitrogen functional groups attached to an aromatic ring is 1. The third-order valence-electron chi connectivity index (χ3n) is 4.57. The predicted molar refractivity (Wildman–Crippen MR) is 87.6 cm³/mol. The molecule has 0 radical (unpaired) electrons. The third kappa shape index (κ3) is 3.05. The number of carbonyl (C=O) groups is 1. The molecule has 1 heterocycles. The lowest BCUT2D eigenvalue weighted by molar-refractivity contribution is 0.00931. The second-order valence-electron chi connectivity index (χ2n) is 6.20. The number of hydrogen-bond acceptors (Lipinski definition) is 4. The fraction of sp³-hybridized carbons (Fsp3) is 0.471. The van der Waals surface area contributed by atoms with E-state index in [1.165, 1.54) is 11.3 Å². The summed E-state index contributed by atoms with van der Waals surface area (Å²) in [6.45, 7) is 4.52. The molecule has 3 nitrogen and oxygen atoms in total. The minimum atomic E-state index is -0.193. The van der Waals surface area contributed by atoms with Crippen molar-refractivity contribution in [3.63, 3.8) is 0 Å². The fourth-order valence-electron chi connectivity index (χ4n) is 2.98. The summed E-state index contributed by atoms with van der Waals surface area (Å²) in [5.74, 6) is 1.16. The quantitative estimate of drug-likeness (QED) is 0.658. The molecular formula is C17H21NO2S. The van der Waals surface area contributed by atoms with Gasteiger partial charge in [-0.3, -0.25) is 0 Å². The van der Waals surface area contributed by atoms with Crippen molar-refractivity contribution in [1.29, 1.82) is 0 Å². The number of hydrogen-bond donors (Lipinski definition) is 1. The third-order valence-corrected chi connectivity index (χ3v) is 5.66. The van der Waals surface area contributed by atoms with Gasteiger partial charge in [-0.2, -0.15) is 0 Å². The molecule has 0 aliphatic heterocycles. The van der Waals surface area contributed by atoms with Crippen LogP contribution in [0.1, 0.15) is 42.8 Å². The van der Waals surface area contributed by atoms with Crippen molar-refractivity contribution in [2.45, 2.75) is 39.2 Å². The van der Waals surface area contributed by atoms with Gasteiger partial charge < -0.3 is 10.5 Å². The van der Waals surface area contributed by atoms with Crippen molar-refractivity contribution < 1.29 is 9.53 Å². The molecule has 2 aromatic rings. The molecule has 0 bridgehead atoms. The lowest BCUT2D eigenvalue weighted by Crippen LogP contribution is -2.28. The van der Waals surface area contributed by atoms with Crippen molar-refractivity contribution in [1.82, 2.24) is 0 Å². The fourth-order valence-corrected chi connectivity index (χ4v) is 3.90. The van der Waals surface area contributed by atoms with Crippen LogP contribution in [0.3, 0.4) is 0 Å². The topological polar surface area (TPSA) is 52.3 Å². The summed E-state index contributed by atoms with van der Waals surface area (Å²) < 4.78 is 6.77. The molecule has 3 atom stereocenters. The normalized spacial score (nSPS) is 25.9. The van der Waals surface area contributed by atoms with E-state index in [1.54, 1.807) is 0 Å². The van der Waals surface area contributed by atoms with Gasteiger partial charge in [0.2, 0.25) is 0 Å². The minimum Gasteiger partial charge on any atom is -0.458 e. The Morgan fingerprint density at radius 3 is 2.81 bits per heavy atom. The van der Waals surface area contributed by atoms with Gasteiger partial charge in [0.25, 0.3) is 0 Å². The van der Waals surface area contributed by atoms with Crippen molar-refractivity contribution >= 4 is 33.1 Å². The van der Waals surface area contributed by atoms with Gasteiger partial charge in [-0.25, -0.2) is 4.79 Å². The monoisotopic (exact) mass is 303 g/mol. The summed E-state index contributed by atoms with van der Waals surface area (Å²) in [4.78, 5) is 13.0. The molecule has 0 amide bonds. The summed E-state index contributed by atoms with van der Waals surface area (Å²) in [5.41, 5.74) is 6.49. The number of ether oxygens (including phenoxy) is 1. The number of nitrogens with two attached hydrogens (primary N) is 1. The Morgan fingerprint density at radius 1 is 1.24 bits per heavy atom. The first-order valence-corrected chi connectivity index (χ1v) is 8.34. The van der Waals surface area contributed by atoms with Crippen LogP contribution in [-0.4, -0.2) is 12.1 Å².